The summed E-state index contributed by atoms with van der Waals surface area (Å²) in [5.41, 5.74) is 7.37. The predicted molar refractivity (Wildman–Crippen MR) is 60.0 cm³/mol. The van der Waals surface area contributed by atoms with Crippen LogP contribution < -0.4 is 5.73 Å². The Morgan fingerprint density at radius 1 is 1.14 bits per heavy atom. The largest absolute Gasteiger partial charge is 0.321 e. The molecular formula is C13H15N. The van der Waals surface area contributed by atoms with Gasteiger partial charge >= 0.3 is 0 Å². The summed E-state index contributed by atoms with van der Waals surface area (Å²) in [6, 6.07) is 10.4. The molecule has 0 heterocycles. The van der Waals surface area contributed by atoms with Gasteiger partial charge in [0.1, 0.15) is 0 Å². The molecule has 1 unspecified atom stereocenters. The Kier molecular flexibility index (Phi) is 2.51. The minimum absolute atomic E-state index is 0.184. The van der Waals surface area contributed by atoms with Crippen molar-refractivity contribution in [1.82, 2.24) is 0 Å². The molecule has 0 aromatic heterocycles. The molecule has 0 bridgehead atoms. The van der Waals surface area contributed by atoms with Crippen LogP contribution in [-0.4, -0.2) is 5.54 Å². The number of benzene rings is 1. The molecule has 2 rings (SSSR count). The molecule has 2 N–H and O–H groups in total. The van der Waals surface area contributed by atoms with E-state index in [1.165, 1.54) is 5.56 Å². The van der Waals surface area contributed by atoms with Crippen LogP contribution in [0.25, 0.3) is 0 Å². The highest BCUT2D eigenvalue weighted by atomic mass is 14.7. The van der Waals surface area contributed by atoms with Crippen molar-refractivity contribution >= 4 is 0 Å². The van der Waals surface area contributed by atoms with Crippen molar-refractivity contribution in [3.8, 4) is 0 Å². The molecule has 1 nitrogen and oxygen atoms in total. The van der Waals surface area contributed by atoms with Crippen LogP contribution in [0.5, 0.6) is 0 Å². The van der Waals surface area contributed by atoms with Gasteiger partial charge in [-0.05, 0) is 18.4 Å². The summed E-state index contributed by atoms with van der Waals surface area (Å²) in [4.78, 5) is 0. The zero-order valence-corrected chi connectivity index (χ0v) is 8.19. The minimum atomic E-state index is -0.184. The summed E-state index contributed by atoms with van der Waals surface area (Å²) in [6.45, 7) is 0. The Morgan fingerprint density at radius 3 is 2.57 bits per heavy atom. The highest BCUT2D eigenvalue weighted by molar-refractivity contribution is 5.26. The number of rotatable bonds is 2. The molecule has 0 spiro atoms. The molecule has 14 heavy (non-hydrogen) atoms. The Labute approximate surface area is 84.9 Å². The normalized spacial score (nSPS) is 25.2. The van der Waals surface area contributed by atoms with Crippen LogP contribution in [0.15, 0.2) is 54.6 Å². The molecule has 0 aliphatic heterocycles. The minimum Gasteiger partial charge on any atom is -0.321 e. The second-order valence-electron chi connectivity index (χ2n) is 3.89. The summed E-state index contributed by atoms with van der Waals surface area (Å²) < 4.78 is 0. The third-order valence-corrected chi connectivity index (χ3v) is 2.55. The van der Waals surface area contributed by atoms with Crippen LogP contribution in [0.4, 0.5) is 0 Å². The van der Waals surface area contributed by atoms with Crippen molar-refractivity contribution in [2.24, 2.45) is 5.73 Å². The average molecular weight is 185 g/mol. The lowest BCUT2D eigenvalue weighted by molar-refractivity contribution is 0.528. The first-order valence-electron chi connectivity index (χ1n) is 4.96. The highest BCUT2D eigenvalue weighted by Crippen LogP contribution is 2.19. The first kappa shape index (κ1) is 9.22. The van der Waals surface area contributed by atoms with E-state index in [0.29, 0.717) is 0 Å². The highest BCUT2D eigenvalue weighted by Gasteiger charge is 2.21. The Bertz CT molecular complexity index is 351. The van der Waals surface area contributed by atoms with Gasteiger partial charge in [-0.1, -0.05) is 54.6 Å². The molecule has 1 aromatic carbocycles. The zero-order chi connectivity index (χ0) is 9.86. The van der Waals surface area contributed by atoms with Crippen molar-refractivity contribution in [1.29, 1.82) is 0 Å². The average Bonchev–Trinajstić information content (AvgIpc) is 2.19. The molecule has 72 valence electrons. The standard InChI is InChI=1S/C13H15N/c14-13(9-5-2-6-10-13)11-12-7-3-1-4-8-12/h1-9H,10-11,14H2. The van der Waals surface area contributed by atoms with E-state index in [9.17, 15) is 0 Å². The zero-order valence-electron chi connectivity index (χ0n) is 8.19. The van der Waals surface area contributed by atoms with E-state index in [2.05, 4.69) is 42.5 Å². The van der Waals surface area contributed by atoms with Gasteiger partial charge in [0.05, 0.1) is 0 Å². The maximum atomic E-state index is 6.25. The van der Waals surface area contributed by atoms with E-state index >= 15 is 0 Å². The predicted octanol–water partition coefficient (Wildman–Crippen LogP) is 2.44. The molecular weight excluding hydrogens is 170 g/mol. The van der Waals surface area contributed by atoms with Crippen LogP contribution in [-0.2, 0) is 6.42 Å². The third kappa shape index (κ3) is 2.12. The third-order valence-electron chi connectivity index (χ3n) is 2.55. The number of nitrogens with two attached hydrogens (primary N) is 1. The molecule has 1 heteroatoms. The number of allylic oxidation sites excluding steroid dienone is 2. The van der Waals surface area contributed by atoms with Crippen molar-refractivity contribution in [2.75, 3.05) is 0 Å². The van der Waals surface area contributed by atoms with Crippen LogP contribution in [0, 0.1) is 0 Å². The molecule has 0 saturated heterocycles. The van der Waals surface area contributed by atoms with Gasteiger partial charge in [0.25, 0.3) is 0 Å². The lowest BCUT2D eigenvalue weighted by atomic mass is 9.86. The second kappa shape index (κ2) is 3.81. The van der Waals surface area contributed by atoms with Crippen molar-refractivity contribution in [3.63, 3.8) is 0 Å². The molecule has 1 aromatic rings. The van der Waals surface area contributed by atoms with E-state index in [4.69, 9.17) is 5.73 Å². The Hall–Kier alpha value is -1.34. The van der Waals surface area contributed by atoms with Crippen LogP contribution in [0.3, 0.4) is 0 Å². The SMILES string of the molecule is NC1(Cc2ccccc2)C=CC=CC1. The van der Waals surface area contributed by atoms with Crippen LogP contribution in [0.2, 0.25) is 0 Å². The van der Waals surface area contributed by atoms with Crippen molar-refractivity contribution in [3.05, 3.63) is 60.2 Å². The van der Waals surface area contributed by atoms with E-state index < -0.39 is 0 Å². The maximum absolute atomic E-state index is 6.25. The number of hydrogen-bond acceptors (Lipinski definition) is 1. The van der Waals surface area contributed by atoms with E-state index in [-0.39, 0.29) is 5.54 Å². The van der Waals surface area contributed by atoms with E-state index in [1.807, 2.05) is 12.1 Å². The lowest BCUT2D eigenvalue weighted by Crippen LogP contribution is -2.40. The fourth-order valence-corrected chi connectivity index (χ4v) is 1.79. The molecule has 1 aliphatic rings. The van der Waals surface area contributed by atoms with Crippen LogP contribution >= 0.6 is 0 Å². The van der Waals surface area contributed by atoms with Gasteiger partial charge in [0, 0.05) is 5.54 Å². The lowest BCUT2D eigenvalue weighted by Gasteiger charge is -2.26. The molecule has 0 fully saturated rings. The maximum Gasteiger partial charge on any atom is 0.0418 e. The van der Waals surface area contributed by atoms with E-state index in [1.54, 1.807) is 0 Å². The van der Waals surface area contributed by atoms with Gasteiger partial charge in [-0.3, -0.25) is 0 Å². The Balaban J connectivity index is 2.11. The molecule has 0 radical (unpaired) electrons. The van der Waals surface area contributed by atoms with E-state index in [0.717, 1.165) is 12.8 Å². The van der Waals surface area contributed by atoms with Gasteiger partial charge in [0.2, 0.25) is 0 Å². The van der Waals surface area contributed by atoms with Gasteiger partial charge in [-0.2, -0.15) is 0 Å². The summed E-state index contributed by atoms with van der Waals surface area (Å²) in [5, 5.41) is 0. The second-order valence-corrected chi connectivity index (χ2v) is 3.89. The van der Waals surface area contributed by atoms with Crippen molar-refractivity contribution in [2.45, 2.75) is 18.4 Å². The van der Waals surface area contributed by atoms with Gasteiger partial charge in [-0.15, -0.1) is 0 Å². The molecule has 1 atom stereocenters. The fourth-order valence-electron chi connectivity index (χ4n) is 1.79. The van der Waals surface area contributed by atoms with Crippen LogP contribution in [0.1, 0.15) is 12.0 Å². The molecule has 0 amide bonds. The quantitative estimate of drug-likeness (QED) is 0.752. The topological polar surface area (TPSA) is 26.0 Å². The smallest absolute Gasteiger partial charge is 0.0418 e. The summed E-state index contributed by atoms with van der Waals surface area (Å²) in [5.74, 6) is 0. The monoisotopic (exact) mass is 185 g/mol. The van der Waals surface area contributed by atoms with Crippen molar-refractivity contribution < 1.29 is 0 Å². The molecule has 1 aliphatic carbocycles. The van der Waals surface area contributed by atoms with Gasteiger partial charge in [0.15, 0.2) is 0 Å². The summed E-state index contributed by atoms with van der Waals surface area (Å²) in [6.07, 6.45) is 10.2. The van der Waals surface area contributed by atoms with Gasteiger partial charge < -0.3 is 5.73 Å². The Morgan fingerprint density at radius 2 is 1.93 bits per heavy atom. The summed E-state index contributed by atoms with van der Waals surface area (Å²) in [7, 11) is 0. The van der Waals surface area contributed by atoms with Gasteiger partial charge in [-0.25, -0.2) is 0 Å². The first-order valence-corrected chi connectivity index (χ1v) is 4.96. The number of hydrogen-bond donors (Lipinski definition) is 1. The fraction of sp³-hybridized carbons (Fsp3) is 0.231. The molecule has 0 saturated carbocycles. The first-order chi connectivity index (χ1) is 6.79. The summed E-state index contributed by atoms with van der Waals surface area (Å²) >= 11 is 0.